The molecule has 0 bridgehead atoms. The highest BCUT2D eigenvalue weighted by Crippen LogP contribution is 2.30. The number of thioether (sulfide) groups is 1. The maximum absolute atomic E-state index is 12.5. The second-order valence-electron chi connectivity index (χ2n) is 7.02. The number of amides is 1. The summed E-state index contributed by atoms with van der Waals surface area (Å²) in [7, 11) is 1.66. The molecule has 1 fully saturated rings. The third kappa shape index (κ3) is 4.15. The third-order valence-electron chi connectivity index (χ3n) is 5.08. The van der Waals surface area contributed by atoms with Crippen molar-refractivity contribution in [3.63, 3.8) is 0 Å². The number of carbonyl (C=O) groups excluding carboxylic acids is 1. The van der Waals surface area contributed by atoms with Gasteiger partial charge in [-0.15, -0.1) is 10.2 Å². The molecule has 7 heteroatoms. The molecule has 1 aliphatic rings. The van der Waals surface area contributed by atoms with Crippen molar-refractivity contribution in [3.8, 4) is 11.4 Å². The number of aromatic nitrogens is 3. The molecule has 0 saturated carbocycles. The lowest BCUT2D eigenvalue weighted by molar-refractivity contribution is 0.0793. The summed E-state index contributed by atoms with van der Waals surface area (Å²) in [5.74, 6) is 2.46. The minimum Gasteiger partial charge on any atom is -0.495 e. The van der Waals surface area contributed by atoms with Crippen LogP contribution in [0.15, 0.2) is 53.7 Å². The molecule has 150 valence electrons. The highest BCUT2D eigenvalue weighted by molar-refractivity contribution is 7.98. The van der Waals surface area contributed by atoms with Gasteiger partial charge in [-0.05, 0) is 49.6 Å². The van der Waals surface area contributed by atoms with E-state index >= 15 is 0 Å². The highest BCUT2D eigenvalue weighted by atomic mass is 32.2. The zero-order valence-electron chi connectivity index (χ0n) is 16.7. The number of para-hydroxylation sites is 2. The van der Waals surface area contributed by atoms with Crippen LogP contribution in [0.4, 0.5) is 0 Å². The average Bonchev–Trinajstić information content (AvgIpc) is 3.42. The Kier molecular flexibility index (Phi) is 5.85. The minimum absolute atomic E-state index is 0.133. The number of ether oxygens (including phenoxy) is 1. The molecule has 0 unspecified atom stereocenters. The van der Waals surface area contributed by atoms with Crippen molar-refractivity contribution in [2.24, 2.45) is 0 Å². The Morgan fingerprint density at radius 2 is 1.79 bits per heavy atom. The molecule has 0 aliphatic carbocycles. The van der Waals surface area contributed by atoms with Gasteiger partial charge in [-0.2, -0.15) is 0 Å². The van der Waals surface area contributed by atoms with Crippen LogP contribution in [0, 0.1) is 6.92 Å². The predicted octanol–water partition coefficient (Wildman–Crippen LogP) is 4.11. The summed E-state index contributed by atoms with van der Waals surface area (Å²) in [6.45, 7) is 3.67. The van der Waals surface area contributed by atoms with Gasteiger partial charge in [-0.1, -0.05) is 36.0 Å². The molecule has 1 saturated heterocycles. The van der Waals surface area contributed by atoms with E-state index in [4.69, 9.17) is 4.74 Å². The first-order valence-electron chi connectivity index (χ1n) is 9.74. The van der Waals surface area contributed by atoms with Gasteiger partial charge in [0.25, 0.3) is 5.91 Å². The van der Waals surface area contributed by atoms with Crippen molar-refractivity contribution in [1.29, 1.82) is 0 Å². The third-order valence-corrected chi connectivity index (χ3v) is 6.08. The Balaban J connectivity index is 1.48. The largest absolute Gasteiger partial charge is 0.495 e. The van der Waals surface area contributed by atoms with Crippen LogP contribution in [0.5, 0.6) is 5.75 Å². The highest BCUT2D eigenvalue weighted by Gasteiger charge is 2.19. The smallest absolute Gasteiger partial charge is 0.253 e. The maximum Gasteiger partial charge on any atom is 0.253 e. The molecule has 1 aromatic heterocycles. The normalized spacial score (nSPS) is 13.7. The number of benzene rings is 2. The van der Waals surface area contributed by atoms with E-state index < -0.39 is 0 Å². The second-order valence-corrected chi connectivity index (χ2v) is 7.96. The van der Waals surface area contributed by atoms with E-state index in [0.717, 1.165) is 65.2 Å². The molecule has 1 aliphatic heterocycles. The van der Waals surface area contributed by atoms with Gasteiger partial charge >= 0.3 is 0 Å². The van der Waals surface area contributed by atoms with Gasteiger partial charge in [-0.3, -0.25) is 9.36 Å². The molecule has 3 aromatic rings. The van der Waals surface area contributed by atoms with Crippen molar-refractivity contribution in [2.45, 2.75) is 30.7 Å². The van der Waals surface area contributed by atoms with Crippen molar-refractivity contribution in [1.82, 2.24) is 19.7 Å². The summed E-state index contributed by atoms with van der Waals surface area (Å²) in [6, 6.07) is 15.7. The monoisotopic (exact) mass is 408 g/mol. The molecule has 0 radical (unpaired) electrons. The first-order chi connectivity index (χ1) is 14.2. The first kappa shape index (κ1) is 19.5. The summed E-state index contributed by atoms with van der Waals surface area (Å²) >= 11 is 1.61. The summed E-state index contributed by atoms with van der Waals surface area (Å²) in [4.78, 5) is 14.4. The van der Waals surface area contributed by atoms with Crippen LogP contribution >= 0.6 is 11.8 Å². The molecule has 6 nitrogen and oxygen atoms in total. The summed E-state index contributed by atoms with van der Waals surface area (Å²) < 4.78 is 7.51. The summed E-state index contributed by atoms with van der Waals surface area (Å²) in [6.07, 6.45) is 2.21. The number of nitrogens with zero attached hydrogens (tertiary/aromatic N) is 4. The van der Waals surface area contributed by atoms with Gasteiger partial charge < -0.3 is 9.64 Å². The quantitative estimate of drug-likeness (QED) is 0.575. The molecule has 2 heterocycles. The lowest BCUT2D eigenvalue weighted by Gasteiger charge is -2.15. The number of aryl methyl sites for hydroxylation is 1. The van der Waals surface area contributed by atoms with Crippen molar-refractivity contribution < 1.29 is 9.53 Å². The van der Waals surface area contributed by atoms with Crippen LogP contribution < -0.4 is 4.74 Å². The lowest BCUT2D eigenvalue weighted by Crippen LogP contribution is -2.27. The first-order valence-corrected chi connectivity index (χ1v) is 10.7. The standard InChI is InChI=1S/C22H24N4O2S/c1-16-23-24-22(26(16)19-7-3-4-8-20(19)28-2)29-15-17-9-11-18(12-10-17)21(27)25-13-5-6-14-25/h3-4,7-12H,5-6,13-15H2,1-2H3. The Hall–Kier alpha value is -2.80. The maximum atomic E-state index is 12.5. The Labute approximate surface area is 174 Å². The molecular formula is C22H24N4O2S. The fraction of sp³-hybridized carbons (Fsp3) is 0.318. The zero-order valence-corrected chi connectivity index (χ0v) is 17.5. The number of rotatable bonds is 6. The molecule has 2 aromatic carbocycles. The van der Waals surface area contributed by atoms with Crippen LogP contribution in [0.25, 0.3) is 5.69 Å². The SMILES string of the molecule is COc1ccccc1-n1c(C)nnc1SCc1ccc(C(=O)N2CCCC2)cc1. The van der Waals surface area contributed by atoms with Gasteiger partial charge in [0.1, 0.15) is 11.6 Å². The number of methoxy groups -OCH3 is 1. The van der Waals surface area contributed by atoms with E-state index in [2.05, 4.69) is 10.2 Å². The van der Waals surface area contributed by atoms with E-state index in [1.54, 1.807) is 18.9 Å². The molecular weight excluding hydrogens is 384 g/mol. The number of likely N-dealkylation sites (tertiary alicyclic amines) is 1. The number of hydrogen-bond donors (Lipinski definition) is 0. The van der Waals surface area contributed by atoms with Gasteiger partial charge in [0.05, 0.1) is 12.8 Å². The number of hydrogen-bond acceptors (Lipinski definition) is 5. The summed E-state index contributed by atoms with van der Waals surface area (Å²) in [5.41, 5.74) is 2.82. The predicted molar refractivity (Wildman–Crippen MR) is 114 cm³/mol. The zero-order chi connectivity index (χ0) is 20.2. The van der Waals surface area contributed by atoms with Gasteiger partial charge in [-0.25, -0.2) is 0 Å². The molecule has 0 atom stereocenters. The van der Waals surface area contributed by atoms with Crippen LogP contribution in [0.3, 0.4) is 0 Å². The van der Waals surface area contributed by atoms with Crippen LogP contribution in [0.2, 0.25) is 0 Å². The van der Waals surface area contributed by atoms with Crippen molar-refractivity contribution in [2.75, 3.05) is 20.2 Å². The van der Waals surface area contributed by atoms with E-state index in [0.29, 0.717) is 0 Å². The Morgan fingerprint density at radius 1 is 1.07 bits per heavy atom. The minimum atomic E-state index is 0.133. The molecule has 29 heavy (non-hydrogen) atoms. The van der Waals surface area contributed by atoms with E-state index in [-0.39, 0.29) is 5.91 Å². The van der Waals surface area contributed by atoms with E-state index in [1.165, 1.54) is 0 Å². The number of carbonyl (C=O) groups is 1. The van der Waals surface area contributed by atoms with Crippen LogP contribution in [-0.2, 0) is 5.75 Å². The van der Waals surface area contributed by atoms with Crippen molar-refractivity contribution in [3.05, 3.63) is 65.5 Å². The molecule has 0 spiro atoms. The molecule has 4 rings (SSSR count). The topological polar surface area (TPSA) is 60.2 Å². The van der Waals surface area contributed by atoms with Crippen LogP contribution in [0.1, 0.15) is 34.6 Å². The average molecular weight is 409 g/mol. The fourth-order valence-corrected chi connectivity index (χ4v) is 4.47. The van der Waals surface area contributed by atoms with Crippen LogP contribution in [-0.4, -0.2) is 45.8 Å². The lowest BCUT2D eigenvalue weighted by atomic mass is 10.1. The van der Waals surface area contributed by atoms with E-state index in [9.17, 15) is 4.79 Å². The van der Waals surface area contributed by atoms with E-state index in [1.807, 2.05) is 64.9 Å². The fourth-order valence-electron chi connectivity index (χ4n) is 3.52. The Morgan fingerprint density at radius 3 is 2.52 bits per heavy atom. The molecule has 1 amide bonds. The molecule has 0 N–H and O–H groups in total. The van der Waals surface area contributed by atoms with Gasteiger partial charge in [0, 0.05) is 24.4 Å². The summed E-state index contributed by atoms with van der Waals surface area (Å²) in [5, 5.41) is 9.40. The van der Waals surface area contributed by atoms with Gasteiger partial charge in [0.15, 0.2) is 5.16 Å². The Bertz CT molecular complexity index is 994. The van der Waals surface area contributed by atoms with Gasteiger partial charge in [0.2, 0.25) is 0 Å². The van der Waals surface area contributed by atoms with Crippen molar-refractivity contribution >= 4 is 17.7 Å². The second kappa shape index (κ2) is 8.69.